The van der Waals surface area contributed by atoms with Crippen LogP contribution in [-0.2, 0) is 16.1 Å². The second kappa shape index (κ2) is 8.97. The van der Waals surface area contributed by atoms with Crippen LogP contribution in [0.2, 0.25) is 0 Å². The second-order valence-corrected chi connectivity index (χ2v) is 12.4. The highest BCUT2D eigenvalue weighted by Crippen LogP contribution is 2.64. The summed E-state index contributed by atoms with van der Waals surface area (Å²) in [5, 5.41) is 9.81. The molecule has 2 aromatic carbocycles. The van der Waals surface area contributed by atoms with Crippen LogP contribution in [0.5, 0.6) is 5.75 Å². The highest BCUT2D eigenvalue weighted by atomic mass is 79.9. The third kappa shape index (κ3) is 3.43. The molecular formula is C26H16BrCl4N3O5. The van der Waals surface area contributed by atoms with Crippen LogP contribution in [0.25, 0.3) is 5.69 Å². The highest BCUT2D eigenvalue weighted by molar-refractivity contribution is 9.10. The Hall–Kier alpha value is -2.56. The van der Waals surface area contributed by atoms with Gasteiger partial charge in [-0.2, -0.15) is 0 Å². The van der Waals surface area contributed by atoms with Crippen LogP contribution < -0.4 is 11.4 Å². The number of phenolic OH excluding ortho intramolecular Hbond substituents is 1. The summed E-state index contributed by atoms with van der Waals surface area (Å²) in [6.07, 6.45) is 1.32. The van der Waals surface area contributed by atoms with E-state index >= 15 is 0 Å². The number of allylic oxidation sites excluding steroid dienone is 4. The Morgan fingerprint density at radius 2 is 1.59 bits per heavy atom. The molecule has 0 saturated heterocycles. The van der Waals surface area contributed by atoms with E-state index in [0.717, 1.165) is 4.57 Å². The van der Waals surface area contributed by atoms with Crippen molar-refractivity contribution in [1.29, 1.82) is 0 Å². The zero-order valence-electron chi connectivity index (χ0n) is 19.6. The first-order valence-electron chi connectivity index (χ1n) is 11.6. The molecule has 3 aromatic rings. The van der Waals surface area contributed by atoms with E-state index in [1.165, 1.54) is 15.4 Å². The molecule has 2 aliphatic carbocycles. The van der Waals surface area contributed by atoms with Gasteiger partial charge in [-0.1, -0.05) is 63.4 Å². The Bertz CT molecular complexity index is 1790. The summed E-state index contributed by atoms with van der Waals surface area (Å²) in [5.41, 5.74) is -0.312. The lowest BCUT2D eigenvalue weighted by Gasteiger charge is -2.54. The van der Waals surface area contributed by atoms with Gasteiger partial charge in [0, 0.05) is 22.4 Å². The van der Waals surface area contributed by atoms with Crippen molar-refractivity contribution in [1.82, 2.24) is 13.9 Å². The first-order chi connectivity index (χ1) is 18.4. The van der Waals surface area contributed by atoms with Gasteiger partial charge < -0.3 is 5.11 Å². The van der Waals surface area contributed by atoms with Crippen LogP contribution >= 0.6 is 62.3 Å². The summed E-state index contributed by atoms with van der Waals surface area (Å²) in [5.74, 6) is -3.22. The van der Waals surface area contributed by atoms with E-state index in [1.807, 2.05) is 0 Å². The molecular weight excluding hydrogens is 656 g/mol. The Labute approximate surface area is 248 Å². The lowest BCUT2D eigenvalue weighted by atomic mass is 9.59. The summed E-state index contributed by atoms with van der Waals surface area (Å²) in [7, 11) is 0. The summed E-state index contributed by atoms with van der Waals surface area (Å²) in [4.78, 5) is 50.2. The molecule has 0 spiro atoms. The van der Waals surface area contributed by atoms with Crippen LogP contribution in [0.3, 0.4) is 0 Å². The average Bonchev–Trinajstić information content (AvgIpc) is 3.18. The van der Waals surface area contributed by atoms with E-state index in [1.54, 1.807) is 48.5 Å². The lowest BCUT2D eigenvalue weighted by Crippen LogP contribution is -2.67. The Morgan fingerprint density at radius 3 is 2.28 bits per heavy atom. The minimum Gasteiger partial charge on any atom is -0.508 e. The molecule has 1 N–H and O–H groups in total. The number of alkyl halides is 2. The van der Waals surface area contributed by atoms with Gasteiger partial charge in [-0.25, -0.2) is 23.5 Å². The average molecular weight is 672 g/mol. The second-order valence-electron chi connectivity index (χ2n) is 9.52. The molecule has 8 nitrogen and oxygen atoms in total. The Kier molecular flexibility index (Phi) is 6.13. The molecule has 13 heteroatoms. The van der Waals surface area contributed by atoms with Gasteiger partial charge in [-0.3, -0.25) is 9.59 Å². The molecule has 1 fully saturated rings. The van der Waals surface area contributed by atoms with Crippen LogP contribution in [0.1, 0.15) is 23.9 Å². The maximum absolute atomic E-state index is 13.8. The Morgan fingerprint density at radius 1 is 0.923 bits per heavy atom. The molecule has 4 atom stereocenters. The fraction of sp³-hybridized carbons (Fsp3) is 0.231. The zero-order valence-corrected chi connectivity index (χ0v) is 24.2. The lowest BCUT2D eigenvalue weighted by molar-refractivity contribution is -0.128. The number of fused-ring (bicyclic) bond motifs is 4. The molecule has 1 saturated carbocycles. The molecule has 1 aromatic heterocycles. The normalized spacial score (nSPS) is 28.1. The number of hydrogen-bond donors (Lipinski definition) is 1. The van der Waals surface area contributed by atoms with Crippen LogP contribution in [0.4, 0.5) is 0 Å². The SMILES string of the molecule is O=C1C(Cl)=C(Cl)C(=O)C2(Cl)C(c3cc(Br)ccc3O)C3=CCn4c(=O)n(-c5ccccc5)c(=O)n4C3CC12Cl. The van der Waals surface area contributed by atoms with E-state index in [2.05, 4.69) is 15.9 Å². The third-order valence-electron chi connectivity index (χ3n) is 7.62. The number of nitrogens with zero attached hydrogens (tertiary/aromatic N) is 3. The highest BCUT2D eigenvalue weighted by Gasteiger charge is 2.71. The van der Waals surface area contributed by atoms with Crippen LogP contribution in [-0.4, -0.2) is 40.4 Å². The van der Waals surface area contributed by atoms with Crippen molar-refractivity contribution < 1.29 is 14.7 Å². The number of carbonyl (C=O) groups excluding carboxylic acids is 2. The quantitative estimate of drug-likeness (QED) is 0.314. The van der Waals surface area contributed by atoms with Crippen molar-refractivity contribution >= 4 is 73.9 Å². The predicted molar refractivity (Wildman–Crippen MR) is 150 cm³/mol. The molecule has 3 aliphatic rings. The number of benzene rings is 2. The first kappa shape index (κ1) is 26.7. The standard InChI is InChI=1S/C26H16BrCl4N3O5/c27-12-6-7-17(35)15(10-12)18-14-8-9-32-23(38)33(13-4-2-1-3-5-13)24(39)34(32)16(14)11-25(30)21(36)19(28)20(29)22(37)26(18,25)31/h1-8,10,16,18,35H,9,11H2. The van der Waals surface area contributed by atoms with Gasteiger partial charge in [0.1, 0.15) is 25.6 Å². The number of aromatic nitrogens is 3. The number of ketones is 2. The number of aromatic hydroxyl groups is 1. The number of hydrogen-bond acceptors (Lipinski definition) is 5. The Balaban J connectivity index is 1.67. The fourth-order valence-electron chi connectivity index (χ4n) is 5.87. The number of halogens is 5. The minimum atomic E-state index is -2.21. The number of Topliss-reactive ketones (excluding diaryl/α,β-unsaturated/α-hetero) is 2. The molecule has 2 heterocycles. The van der Waals surface area contributed by atoms with Gasteiger partial charge in [-0.05, 0) is 35.9 Å². The van der Waals surface area contributed by atoms with Gasteiger partial charge in [0.25, 0.3) is 0 Å². The largest absolute Gasteiger partial charge is 0.508 e. The minimum absolute atomic E-state index is 0.0419. The monoisotopic (exact) mass is 669 g/mol. The van der Waals surface area contributed by atoms with Gasteiger partial charge >= 0.3 is 11.4 Å². The maximum Gasteiger partial charge on any atom is 0.352 e. The number of phenols is 1. The summed E-state index contributed by atoms with van der Waals surface area (Å²) in [6.45, 7) is -0.0419. The zero-order chi connectivity index (χ0) is 28.0. The number of carbonyl (C=O) groups is 2. The first-order valence-corrected chi connectivity index (χ1v) is 13.9. The summed E-state index contributed by atoms with van der Waals surface area (Å²) >= 11 is 30.0. The van der Waals surface area contributed by atoms with Gasteiger partial charge in [-0.15, -0.1) is 23.2 Å². The topological polar surface area (TPSA) is 103 Å². The van der Waals surface area contributed by atoms with Crippen molar-refractivity contribution in [3.63, 3.8) is 0 Å². The van der Waals surface area contributed by atoms with Crippen molar-refractivity contribution in [2.75, 3.05) is 0 Å². The van der Waals surface area contributed by atoms with Crippen molar-refractivity contribution in [3.05, 3.63) is 101 Å². The van der Waals surface area contributed by atoms with E-state index in [-0.39, 0.29) is 24.3 Å². The molecule has 4 unspecified atom stereocenters. The van der Waals surface area contributed by atoms with Crippen molar-refractivity contribution in [3.8, 4) is 11.4 Å². The van der Waals surface area contributed by atoms with Crippen molar-refractivity contribution in [2.45, 2.75) is 34.7 Å². The van der Waals surface area contributed by atoms with Crippen LogP contribution in [0.15, 0.2) is 84.3 Å². The van der Waals surface area contributed by atoms with Crippen molar-refractivity contribution in [2.24, 2.45) is 0 Å². The molecule has 1 aliphatic heterocycles. The molecule has 0 amide bonds. The number of para-hydroxylation sites is 1. The smallest absolute Gasteiger partial charge is 0.352 e. The third-order valence-corrected chi connectivity index (χ3v) is 10.4. The van der Waals surface area contributed by atoms with Gasteiger partial charge in [0.2, 0.25) is 0 Å². The van der Waals surface area contributed by atoms with E-state index in [4.69, 9.17) is 46.4 Å². The predicted octanol–water partition coefficient (Wildman–Crippen LogP) is 4.73. The van der Waals surface area contributed by atoms with E-state index in [0.29, 0.717) is 15.7 Å². The van der Waals surface area contributed by atoms with Crippen LogP contribution in [0, 0.1) is 0 Å². The number of rotatable bonds is 2. The molecule has 6 rings (SSSR count). The fourth-order valence-corrected chi connectivity index (χ4v) is 7.76. The molecule has 200 valence electrons. The van der Waals surface area contributed by atoms with E-state index < -0.39 is 54.7 Å². The van der Waals surface area contributed by atoms with E-state index in [9.17, 15) is 24.3 Å². The van der Waals surface area contributed by atoms with Gasteiger partial charge in [0.05, 0.1) is 18.3 Å². The summed E-state index contributed by atoms with van der Waals surface area (Å²) < 4.78 is 4.03. The summed E-state index contributed by atoms with van der Waals surface area (Å²) in [6, 6.07) is 11.9. The van der Waals surface area contributed by atoms with Gasteiger partial charge in [0.15, 0.2) is 11.6 Å². The molecule has 0 bridgehead atoms. The molecule has 0 radical (unpaired) electrons. The maximum atomic E-state index is 13.8. The molecule has 39 heavy (non-hydrogen) atoms.